The molecule has 1 aliphatic rings. The summed E-state index contributed by atoms with van der Waals surface area (Å²) in [5, 5.41) is 0.624. The molecule has 0 saturated heterocycles. The van der Waals surface area contributed by atoms with Gasteiger partial charge in [0.05, 0.1) is 4.90 Å². The lowest BCUT2D eigenvalue weighted by Gasteiger charge is -2.14. The topological polar surface area (TPSA) is 63.4 Å². The van der Waals surface area contributed by atoms with Crippen LogP contribution >= 0.6 is 11.8 Å². The summed E-state index contributed by atoms with van der Waals surface area (Å²) in [5.74, 6) is 0. The zero-order valence-corrected chi connectivity index (χ0v) is 12.9. The normalized spacial score (nSPS) is 17.2. The van der Waals surface area contributed by atoms with Crippen LogP contribution in [-0.2, 0) is 10.0 Å². The van der Waals surface area contributed by atoms with Crippen LogP contribution in [0.3, 0.4) is 0 Å². The summed E-state index contributed by atoms with van der Waals surface area (Å²) in [6.07, 6.45) is 5.01. The second-order valence-corrected chi connectivity index (χ2v) is 8.51. The molecule has 0 unspecified atom stereocenters. The molecule has 1 aliphatic carbocycles. The third-order valence-corrected chi connectivity index (χ3v) is 6.60. The van der Waals surface area contributed by atoms with Gasteiger partial charge < -0.3 is 5.73 Å². The Kier molecular flexibility index (Phi) is 4.43. The van der Waals surface area contributed by atoms with Gasteiger partial charge in [0.2, 0.25) is 10.0 Å². The molecule has 2 rings (SSSR count). The minimum absolute atomic E-state index is 0.255. The Bertz CT molecular complexity index is 550. The molecule has 6 heteroatoms. The van der Waals surface area contributed by atoms with E-state index in [0.29, 0.717) is 10.9 Å². The van der Waals surface area contributed by atoms with Crippen LogP contribution in [0.15, 0.2) is 28.0 Å². The van der Waals surface area contributed by atoms with Crippen LogP contribution in [-0.4, -0.2) is 32.1 Å². The lowest BCUT2D eigenvalue weighted by molar-refractivity contribution is 0.520. The first-order valence-corrected chi connectivity index (χ1v) is 8.72. The molecule has 0 atom stereocenters. The van der Waals surface area contributed by atoms with Crippen molar-refractivity contribution in [3.8, 4) is 0 Å². The molecule has 0 spiro atoms. The standard InChI is InChI=1S/C13H20N2O2S2/c1-15(2)19(16,17)11-7-8-13(12(14)9-11)18-10-5-3-4-6-10/h7-10H,3-6,14H2,1-2H3. The highest BCUT2D eigenvalue weighted by Crippen LogP contribution is 2.37. The molecule has 0 aliphatic heterocycles. The number of nitrogens with zero attached hydrogens (tertiary/aromatic N) is 1. The Morgan fingerprint density at radius 1 is 1.26 bits per heavy atom. The van der Waals surface area contributed by atoms with Crippen molar-refractivity contribution in [3.63, 3.8) is 0 Å². The van der Waals surface area contributed by atoms with Crippen molar-refractivity contribution in [2.45, 2.75) is 40.7 Å². The molecule has 19 heavy (non-hydrogen) atoms. The third kappa shape index (κ3) is 3.24. The van der Waals surface area contributed by atoms with E-state index in [4.69, 9.17) is 5.73 Å². The van der Waals surface area contributed by atoms with Gasteiger partial charge in [0.1, 0.15) is 0 Å². The highest BCUT2D eigenvalue weighted by Gasteiger charge is 2.20. The first-order chi connectivity index (χ1) is 8.91. The zero-order chi connectivity index (χ0) is 14.0. The zero-order valence-electron chi connectivity index (χ0n) is 11.3. The Hall–Kier alpha value is -0.720. The number of rotatable bonds is 4. The second-order valence-electron chi connectivity index (χ2n) is 5.01. The number of thioether (sulfide) groups is 1. The van der Waals surface area contributed by atoms with Crippen molar-refractivity contribution in [2.24, 2.45) is 0 Å². The summed E-state index contributed by atoms with van der Waals surface area (Å²) < 4.78 is 25.2. The fourth-order valence-electron chi connectivity index (χ4n) is 2.19. The highest BCUT2D eigenvalue weighted by atomic mass is 32.2. The minimum Gasteiger partial charge on any atom is -0.398 e. The Balaban J connectivity index is 2.22. The van der Waals surface area contributed by atoms with Gasteiger partial charge in [0, 0.05) is 29.9 Å². The van der Waals surface area contributed by atoms with Gasteiger partial charge in [-0.15, -0.1) is 11.8 Å². The minimum atomic E-state index is -3.40. The lowest BCUT2D eigenvalue weighted by atomic mass is 10.3. The van der Waals surface area contributed by atoms with E-state index >= 15 is 0 Å². The van der Waals surface area contributed by atoms with Crippen LogP contribution in [0.4, 0.5) is 5.69 Å². The van der Waals surface area contributed by atoms with Crippen LogP contribution in [0.25, 0.3) is 0 Å². The van der Waals surface area contributed by atoms with E-state index in [1.807, 2.05) is 6.07 Å². The van der Waals surface area contributed by atoms with Crippen LogP contribution in [0.5, 0.6) is 0 Å². The maximum Gasteiger partial charge on any atom is 0.242 e. The molecule has 0 heterocycles. The number of hydrogen-bond acceptors (Lipinski definition) is 4. The summed E-state index contributed by atoms with van der Waals surface area (Å²) in [6.45, 7) is 0. The molecule has 0 aromatic heterocycles. The number of hydrogen-bond donors (Lipinski definition) is 1. The average Bonchev–Trinajstić information content (AvgIpc) is 2.84. The SMILES string of the molecule is CN(C)S(=O)(=O)c1ccc(SC2CCCC2)c(N)c1. The molecular weight excluding hydrogens is 280 g/mol. The van der Waals surface area contributed by atoms with E-state index in [0.717, 1.165) is 4.90 Å². The van der Waals surface area contributed by atoms with E-state index in [2.05, 4.69) is 0 Å². The van der Waals surface area contributed by atoms with Gasteiger partial charge in [-0.3, -0.25) is 0 Å². The Morgan fingerprint density at radius 2 is 1.89 bits per heavy atom. The molecule has 0 bridgehead atoms. The smallest absolute Gasteiger partial charge is 0.242 e. The number of sulfonamides is 1. The molecular formula is C13H20N2O2S2. The third-order valence-electron chi connectivity index (χ3n) is 3.36. The number of benzene rings is 1. The monoisotopic (exact) mass is 300 g/mol. The number of nitrogen functional groups attached to an aromatic ring is 1. The predicted octanol–water partition coefficient (Wildman–Crippen LogP) is 2.55. The summed E-state index contributed by atoms with van der Waals surface area (Å²) in [5.41, 5.74) is 6.55. The van der Waals surface area contributed by atoms with Crippen molar-refractivity contribution >= 4 is 27.5 Å². The van der Waals surface area contributed by atoms with Gasteiger partial charge in [-0.1, -0.05) is 12.8 Å². The lowest BCUT2D eigenvalue weighted by Crippen LogP contribution is -2.22. The second kappa shape index (κ2) is 5.73. The number of anilines is 1. The van der Waals surface area contributed by atoms with Crippen LogP contribution < -0.4 is 5.73 Å². The van der Waals surface area contributed by atoms with Crippen LogP contribution in [0, 0.1) is 0 Å². The van der Waals surface area contributed by atoms with E-state index in [1.165, 1.54) is 44.1 Å². The van der Waals surface area contributed by atoms with Crippen LogP contribution in [0.1, 0.15) is 25.7 Å². The summed E-state index contributed by atoms with van der Waals surface area (Å²) in [4.78, 5) is 1.25. The molecule has 1 saturated carbocycles. The maximum absolute atomic E-state index is 12.0. The van der Waals surface area contributed by atoms with Crippen molar-refractivity contribution in [1.82, 2.24) is 4.31 Å². The van der Waals surface area contributed by atoms with Gasteiger partial charge >= 0.3 is 0 Å². The molecule has 2 N–H and O–H groups in total. The van der Waals surface area contributed by atoms with Gasteiger partial charge in [-0.25, -0.2) is 12.7 Å². The molecule has 1 aromatic rings. The molecule has 0 amide bonds. The van der Waals surface area contributed by atoms with Crippen LogP contribution in [0.2, 0.25) is 0 Å². The summed E-state index contributed by atoms with van der Waals surface area (Å²) in [6, 6.07) is 5.03. The molecule has 1 fully saturated rings. The first kappa shape index (κ1) is 14.7. The van der Waals surface area contributed by atoms with Crippen molar-refractivity contribution < 1.29 is 8.42 Å². The van der Waals surface area contributed by atoms with E-state index in [-0.39, 0.29) is 4.90 Å². The molecule has 1 aromatic carbocycles. The van der Waals surface area contributed by atoms with Crippen molar-refractivity contribution in [1.29, 1.82) is 0 Å². The maximum atomic E-state index is 12.0. The molecule has 0 radical (unpaired) electrons. The van der Waals surface area contributed by atoms with Gasteiger partial charge in [-0.05, 0) is 31.0 Å². The van der Waals surface area contributed by atoms with Crippen molar-refractivity contribution in [2.75, 3.05) is 19.8 Å². The molecule has 4 nitrogen and oxygen atoms in total. The number of nitrogens with two attached hydrogens (primary N) is 1. The average molecular weight is 300 g/mol. The Labute approximate surface area is 119 Å². The van der Waals surface area contributed by atoms with Gasteiger partial charge in [0.25, 0.3) is 0 Å². The highest BCUT2D eigenvalue weighted by molar-refractivity contribution is 8.00. The molecule has 106 valence electrons. The van der Waals surface area contributed by atoms with Crippen molar-refractivity contribution in [3.05, 3.63) is 18.2 Å². The van der Waals surface area contributed by atoms with E-state index < -0.39 is 10.0 Å². The first-order valence-electron chi connectivity index (χ1n) is 6.40. The fourth-order valence-corrected chi connectivity index (χ4v) is 4.40. The van der Waals surface area contributed by atoms with E-state index in [1.54, 1.807) is 23.9 Å². The summed E-state index contributed by atoms with van der Waals surface area (Å²) >= 11 is 1.77. The fraction of sp³-hybridized carbons (Fsp3) is 0.538. The van der Waals surface area contributed by atoms with Gasteiger partial charge in [0.15, 0.2) is 0 Å². The quantitative estimate of drug-likeness (QED) is 0.868. The Morgan fingerprint density at radius 3 is 2.42 bits per heavy atom. The largest absolute Gasteiger partial charge is 0.398 e. The summed E-state index contributed by atoms with van der Waals surface area (Å²) in [7, 11) is -0.358. The van der Waals surface area contributed by atoms with E-state index in [9.17, 15) is 8.42 Å². The predicted molar refractivity (Wildman–Crippen MR) is 79.8 cm³/mol. The van der Waals surface area contributed by atoms with Gasteiger partial charge in [-0.2, -0.15) is 0 Å².